The van der Waals surface area contributed by atoms with Gasteiger partial charge in [0.2, 0.25) is 5.09 Å². The second kappa shape index (κ2) is 10.2. The number of hydrogen-bond acceptors (Lipinski definition) is 7. The van der Waals surface area contributed by atoms with E-state index in [4.69, 9.17) is 20.8 Å². The maximum Gasteiger partial charge on any atom is 0.439 e. The van der Waals surface area contributed by atoms with Crippen molar-refractivity contribution in [1.29, 1.82) is 0 Å². The predicted octanol–water partition coefficient (Wildman–Crippen LogP) is 5.32. The zero-order valence-electron chi connectivity index (χ0n) is 20.2. The van der Waals surface area contributed by atoms with Gasteiger partial charge in [0.1, 0.15) is 18.1 Å². The van der Waals surface area contributed by atoms with E-state index < -0.39 is 15.8 Å². The number of aromatic amines is 1. The number of sulfonamides is 1. The smallest absolute Gasteiger partial charge is 0.439 e. The molecule has 2 aromatic carbocycles. The number of nitrogens with zero attached hydrogens (tertiary/aromatic N) is 2. The number of anilines is 1. The third-order valence-electron chi connectivity index (χ3n) is 5.36. The molecule has 11 heteroatoms. The van der Waals surface area contributed by atoms with E-state index in [1.807, 2.05) is 32.9 Å². The number of nitrogens with one attached hydrogen (secondary N) is 1. The number of furan rings is 1. The van der Waals surface area contributed by atoms with Crippen molar-refractivity contribution in [2.24, 2.45) is 5.92 Å². The van der Waals surface area contributed by atoms with Crippen LogP contribution in [0.4, 0.5) is 5.69 Å². The van der Waals surface area contributed by atoms with Crippen LogP contribution in [0.25, 0.3) is 11.4 Å². The van der Waals surface area contributed by atoms with Crippen LogP contribution in [-0.4, -0.2) is 25.1 Å². The molecule has 0 unspecified atom stereocenters. The number of benzene rings is 2. The van der Waals surface area contributed by atoms with Gasteiger partial charge in [-0.05, 0) is 55.2 Å². The number of ether oxygens (including phenoxy) is 1. The standard InChI is InChI=1S/C25H26ClN3O6S/c1-15(2)13-29(36(31,32)23-10-5-17(4)34-23)21-12-20(26)16(3)11-22(21)33-14-18-6-8-19(9-7-18)24-27-25(30)35-28-24/h5-12,15H,13-14H2,1-4H3,(H,27,28,30). The molecule has 0 amide bonds. The van der Waals surface area contributed by atoms with Gasteiger partial charge in [-0.25, -0.2) is 4.79 Å². The first-order valence-corrected chi connectivity index (χ1v) is 13.0. The lowest BCUT2D eigenvalue weighted by Gasteiger charge is -2.27. The molecule has 0 bridgehead atoms. The van der Waals surface area contributed by atoms with Crippen LogP contribution in [-0.2, 0) is 16.6 Å². The number of aromatic nitrogens is 2. The molecule has 2 aromatic heterocycles. The molecule has 190 valence electrons. The molecular weight excluding hydrogens is 506 g/mol. The summed E-state index contributed by atoms with van der Waals surface area (Å²) < 4.78 is 44.6. The predicted molar refractivity (Wildman–Crippen MR) is 136 cm³/mol. The number of hydrogen-bond donors (Lipinski definition) is 1. The van der Waals surface area contributed by atoms with E-state index in [9.17, 15) is 13.2 Å². The van der Waals surface area contributed by atoms with Crippen LogP contribution < -0.4 is 14.8 Å². The largest absolute Gasteiger partial charge is 0.487 e. The van der Waals surface area contributed by atoms with Gasteiger partial charge >= 0.3 is 5.76 Å². The third kappa shape index (κ3) is 5.50. The zero-order valence-corrected chi connectivity index (χ0v) is 21.8. The Balaban J connectivity index is 1.66. The average molecular weight is 532 g/mol. The quantitative estimate of drug-likeness (QED) is 0.310. The summed E-state index contributed by atoms with van der Waals surface area (Å²) in [6.45, 7) is 7.73. The van der Waals surface area contributed by atoms with Crippen molar-refractivity contribution < 1.29 is 22.1 Å². The third-order valence-corrected chi connectivity index (χ3v) is 7.42. The summed E-state index contributed by atoms with van der Waals surface area (Å²) >= 11 is 6.42. The van der Waals surface area contributed by atoms with E-state index in [1.165, 1.54) is 10.4 Å². The first-order chi connectivity index (χ1) is 17.0. The highest BCUT2D eigenvalue weighted by molar-refractivity contribution is 7.92. The Bertz CT molecular complexity index is 1520. The average Bonchev–Trinajstić information content (AvgIpc) is 3.47. The molecule has 0 saturated heterocycles. The SMILES string of the molecule is Cc1ccc(S(=O)(=O)N(CC(C)C)c2cc(Cl)c(C)cc2OCc2ccc(-c3noc(=O)[nH]3)cc2)o1. The Kier molecular flexibility index (Phi) is 7.28. The van der Waals surface area contributed by atoms with E-state index >= 15 is 0 Å². The number of H-pyrrole nitrogens is 1. The van der Waals surface area contributed by atoms with Gasteiger partial charge in [0.25, 0.3) is 10.0 Å². The van der Waals surface area contributed by atoms with Crippen molar-refractivity contribution in [2.45, 2.75) is 39.4 Å². The highest BCUT2D eigenvalue weighted by Crippen LogP contribution is 2.38. The van der Waals surface area contributed by atoms with E-state index in [0.29, 0.717) is 33.6 Å². The molecule has 36 heavy (non-hydrogen) atoms. The van der Waals surface area contributed by atoms with Crippen LogP contribution in [0.15, 0.2) is 67.4 Å². The van der Waals surface area contributed by atoms with E-state index in [2.05, 4.69) is 14.7 Å². The van der Waals surface area contributed by atoms with Gasteiger partial charge in [0.15, 0.2) is 5.82 Å². The van der Waals surface area contributed by atoms with Gasteiger partial charge in [-0.2, -0.15) is 8.42 Å². The Hall–Kier alpha value is -3.50. The van der Waals surface area contributed by atoms with Gasteiger partial charge in [-0.3, -0.25) is 13.8 Å². The van der Waals surface area contributed by atoms with Gasteiger partial charge in [0, 0.05) is 17.1 Å². The minimum absolute atomic E-state index is 0.0132. The molecule has 0 aliphatic carbocycles. The van der Waals surface area contributed by atoms with Crippen LogP contribution in [0.3, 0.4) is 0 Å². The van der Waals surface area contributed by atoms with Gasteiger partial charge in [0.05, 0.1) is 5.69 Å². The normalized spacial score (nSPS) is 11.7. The van der Waals surface area contributed by atoms with E-state index in [1.54, 1.807) is 37.3 Å². The Morgan fingerprint density at radius 3 is 2.42 bits per heavy atom. The first-order valence-electron chi connectivity index (χ1n) is 11.2. The van der Waals surface area contributed by atoms with Crippen LogP contribution in [0.1, 0.15) is 30.7 Å². The van der Waals surface area contributed by atoms with Crippen LogP contribution in [0.2, 0.25) is 5.02 Å². The van der Waals surface area contributed by atoms with Crippen molar-refractivity contribution in [1.82, 2.24) is 10.1 Å². The monoisotopic (exact) mass is 531 g/mol. The van der Waals surface area contributed by atoms with Crippen LogP contribution in [0, 0.1) is 19.8 Å². The molecular formula is C25H26ClN3O6S. The van der Waals surface area contributed by atoms with Crippen molar-refractivity contribution in [3.63, 3.8) is 0 Å². The van der Waals surface area contributed by atoms with Gasteiger partial charge in [-0.1, -0.05) is 54.9 Å². The number of halogens is 1. The molecule has 0 fully saturated rings. The lowest BCUT2D eigenvalue weighted by molar-refractivity contribution is 0.306. The fourth-order valence-corrected chi connectivity index (χ4v) is 5.29. The highest BCUT2D eigenvalue weighted by atomic mass is 35.5. The molecule has 0 saturated carbocycles. The second-order valence-corrected chi connectivity index (χ2v) is 11.0. The molecule has 0 aliphatic rings. The van der Waals surface area contributed by atoms with Gasteiger partial charge in [-0.15, -0.1) is 0 Å². The molecule has 9 nitrogen and oxygen atoms in total. The molecule has 0 spiro atoms. The molecule has 4 rings (SSSR count). The summed E-state index contributed by atoms with van der Waals surface area (Å²) in [7, 11) is -4.01. The minimum Gasteiger partial charge on any atom is -0.487 e. The lowest BCUT2D eigenvalue weighted by atomic mass is 10.1. The maximum absolute atomic E-state index is 13.6. The first kappa shape index (κ1) is 25.6. The maximum atomic E-state index is 13.6. The minimum atomic E-state index is -4.01. The second-order valence-electron chi connectivity index (χ2n) is 8.79. The Morgan fingerprint density at radius 2 is 1.83 bits per heavy atom. The fourth-order valence-electron chi connectivity index (χ4n) is 3.55. The fraction of sp³-hybridized carbons (Fsp3) is 0.280. The lowest BCUT2D eigenvalue weighted by Crippen LogP contribution is -2.34. The summed E-state index contributed by atoms with van der Waals surface area (Å²) in [6.07, 6.45) is 0. The van der Waals surface area contributed by atoms with Crippen LogP contribution >= 0.6 is 11.6 Å². The molecule has 2 heterocycles. The summed E-state index contributed by atoms with van der Waals surface area (Å²) in [6, 6.07) is 13.6. The topological polar surface area (TPSA) is 119 Å². The molecule has 0 aliphatic heterocycles. The summed E-state index contributed by atoms with van der Waals surface area (Å²) in [5.41, 5.74) is 2.57. The summed E-state index contributed by atoms with van der Waals surface area (Å²) in [4.78, 5) is 13.7. The zero-order chi connectivity index (χ0) is 26.0. The molecule has 0 radical (unpaired) electrons. The number of rotatable bonds is 9. The number of aryl methyl sites for hydroxylation is 2. The van der Waals surface area contributed by atoms with Gasteiger partial charge < -0.3 is 9.15 Å². The van der Waals surface area contributed by atoms with E-state index in [0.717, 1.165) is 11.1 Å². The van der Waals surface area contributed by atoms with Crippen molar-refractivity contribution in [3.8, 4) is 17.1 Å². The molecule has 4 aromatic rings. The Morgan fingerprint density at radius 1 is 1.11 bits per heavy atom. The Labute approximate surface area is 213 Å². The highest BCUT2D eigenvalue weighted by Gasteiger charge is 2.31. The molecule has 1 N–H and O–H groups in total. The van der Waals surface area contributed by atoms with Crippen molar-refractivity contribution >= 4 is 27.3 Å². The summed E-state index contributed by atoms with van der Waals surface area (Å²) in [5.74, 6) is 0.572. The van der Waals surface area contributed by atoms with Crippen molar-refractivity contribution in [3.05, 3.63) is 81.0 Å². The van der Waals surface area contributed by atoms with Crippen LogP contribution in [0.5, 0.6) is 5.75 Å². The van der Waals surface area contributed by atoms with E-state index in [-0.39, 0.29) is 24.2 Å². The summed E-state index contributed by atoms with van der Waals surface area (Å²) in [5, 5.41) is 3.95. The molecule has 0 atom stereocenters. The van der Waals surface area contributed by atoms with Crippen molar-refractivity contribution in [2.75, 3.05) is 10.8 Å².